The van der Waals surface area contributed by atoms with Crippen molar-refractivity contribution < 1.29 is 19.3 Å². The number of aliphatic hydroxyl groups is 1. The summed E-state index contributed by atoms with van der Waals surface area (Å²) in [6.07, 6.45) is 16.0. The van der Waals surface area contributed by atoms with Gasteiger partial charge < -0.3 is 24.6 Å². The van der Waals surface area contributed by atoms with Crippen LogP contribution in [0.5, 0.6) is 11.6 Å². The molecule has 15 heteroatoms. The van der Waals surface area contributed by atoms with Crippen molar-refractivity contribution in [1.82, 2.24) is 44.9 Å². The summed E-state index contributed by atoms with van der Waals surface area (Å²) in [5.74, 6) is 1.30. The highest BCUT2D eigenvalue weighted by Gasteiger charge is 2.42. The Morgan fingerprint density at radius 2 is 1.78 bits per heavy atom. The number of morpholine rings is 1. The minimum atomic E-state index is -0.802. The Balaban J connectivity index is 0.958. The van der Waals surface area contributed by atoms with Crippen LogP contribution in [0.3, 0.4) is 0 Å². The van der Waals surface area contributed by atoms with E-state index in [1.54, 1.807) is 23.1 Å². The van der Waals surface area contributed by atoms with Crippen LogP contribution in [0.15, 0.2) is 43.1 Å². The zero-order valence-electron chi connectivity index (χ0n) is 28.3. The van der Waals surface area contributed by atoms with Crippen LogP contribution in [0.2, 0.25) is 0 Å². The first-order chi connectivity index (χ1) is 24.4. The second-order valence-electron chi connectivity index (χ2n) is 14.2. The van der Waals surface area contributed by atoms with Gasteiger partial charge in [-0.25, -0.2) is 14.6 Å². The largest absolute Gasteiger partial charge is 0.487 e. The van der Waals surface area contributed by atoms with E-state index >= 15 is 0 Å². The van der Waals surface area contributed by atoms with Gasteiger partial charge in [0.05, 0.1) is 43.2 Å². The van der Waals surface area contributed by atoms with Gasteiger partial charge in [-0.05, 0) is 92.8 Å². The quantitative estimate of drug-likeness (QED) is 0.219. The molecule has 0 amide bonds. The zero-order chi connectivity index (χ0) is 34.1. The molecule has 2 N–H and O–H groups in total. The number of nitrogens with zero attached hydrogens (tertiary/aromatic N) is 10. The third-order valence-corrected chi connectivity index (χ3v) is 10.7. The van der Waals surface area contributed by atoms with Crippen molar-refractivity contribution in [2.75, 3.05) is 25.1 Å². The summed E-state index contributed by atoms with van der Waals surface area (Å²) < 4.78 is 21.7. The monoisotopic (exact) mass is 681 g/mol. The number of ether oxygens (including phenoxy) is 3. The Morgan fingerprint density at radius 3 is 2.46 bits per heavy atom. The molecular formula is C35H43N11O4. The molecule has 3 atom stereocenters. The number of anilines is 2. The second kappa shape index (κ2) is 13.9. The summed E-state index contributed by atoms with van der Waals surface area (Å²) in [4.78, 5) is 12.0. The van der Waals surface area contributed by atoms with E-state index in [1.807, 2.05) is 29.9 Å². The van der Waals surface area contributed by atoms with Gasteiger partial charge in [0.1, 0.15) is 36.5 Å². The lowest BCUT2D eigenvalue weighted by Crippen LogP contribution is -2.52. The average Bonchev–Trinajstić information content (AvgIpc) is 3.84. The Hall–Kier alpha value is -4.65. The minimum absolute atomic E-state index is 0.197. The highest BCUT2D eigenvalue weighted by Crippen LogP contribution is 2.40. The first-order valence-corrected chi connectivity index (χ1v) is 17.7. The molecule has 2 aliphatic heterocycles. The number of hydrogen-bond donors (Lipinski definition) is 2. The molecule has 0 radical (unpaired) electrons. The van der Waals surface area contributed by atoms with Crippen LogP contribution >= 0.6 is 0 Å². The van der Waals surface area contributed by atoms with Crippen LogP contribution in [0.4, 0.5) is 11.6 Å². The lowest BCUT2D eigenvalue weighted by atomic mass is 9.81. The van der Waals surface area contributed by atoms with Gasteiger partial charge in [0.25, 0.3) is 5.88 Å². The number of nitriles is 1. The molecule has 8 rings (SSSR count). The highest BCUT2D eigenvalue weighted by molar-refractivity contribution is 5.67. The van der Waals surface area contributed by atoms with E-state index in [9.17, 15) is 10.4 Å². The second-order valence-corrected chi connectivity index (χ2v) is 14.2. The summed E-state index contributed by atoms with van der Waals surface area (Å²) in [6.45, 7) is 4.26. The smallest absolute Gasteiger partial charge is 0.257 e. The SMILES string of the molecule is C[C@@H](Cn1cnnn1)Oc1cc(-c2cnc(Nc3cn([C@H]4CC[C@H](N5[C@@H]6CC[C@H]5COC6)CC4)nc3OCC3(O)CCC3)nc2)ccc1C#N. The van der Waals surface area contributed by atoms with Gasteiger partial charge in [-0.1, -0.05) is 6.07 Å². The first kappa shape index (κ1) is 32.5. The van der Waals surface area contributed by atoms with E-state index in [2.05, 4.69) is 41.8 Å². The van der Waals surface area contributed by atoms with Gasteiger partial charge in [-0.2, -0.15) is 5.26 Å². The number of nitrogens with one attached hydrogen (secondary N) is 1. The van der Waals surface area contributed by atoms with Gasteiger partial charge in [0.15, 0.2) is 0 Å². The fourth-order valence-electron chi connectivity index (χ4n) is 7.90. The van der Waals surface area contributed by atoms with Crippen molar-refractivity contribution in [3.8, 4) is 28.8 Å². The van der Waals surface area contributed by atoms with E-state index in [4.69, 9.17) is 19.3 Å². The summed E-state index contributed by atoms with van der Waals surface area (Å²) >= 11 is 0. The number of fused-ring (bicyclic) bond motifs is 2. The molecule has 15 nitrogen and oxygen atoms in total. The van der Waals surface area contributed by atoms with Crippen LogP contribution in [0, 0.1) is 11.3 Å². The van der Waals surface area contributed by atoms with Crippen LogP contribution < -0.4 is 14.8 Å². The van der Waals surface area contributed by atoms with Crippen LogP contribution in [-0.4, -0.2) is 99.6 Å². The molecule has 5 heterocycles. The molecule has 4 aliphatic rings. The van der Waals surface area contributed by atoms with Crippen molar-refractivity contribution in [3.05, 3.63) is 48.7 Å². The summed E-state index contributed by atoms with van der Waals surface area (Å²) in [5, 5.41) is 39.8. The number of benzene rings is 1. The molecule has 0 spiro atoms. The molecule has 2 saturated heterocycles. The van der Waals surface area contributed by atoms with E-state index in [0.29, 0.717) is 53.5 Å². The van der Waals surface area contributed by atoms with Gasteiger partial charge in [-0.15, -0.1) is 10.2 Å². The number of hydrogen-bond acceptors (Lipinski definition) is 13. The zero-order valence-corrected chi connectivity index (χ0v) is 28.3. The van der Waals surface area contributed by atoms with Gasteiger partial charge in [-0.3, -0.25) is 9.58 Å². The van der Waals surface area contributed by atoms with Crippen molar-refractivity contribution in [2.45, 2.75) is 107 Å². The number of aromatic nitrogens is 8. The highest BCUT2D eigenvalue weighted by atomic mass is 16.5. The lowest BCUT2D eigenvalue weighted by molar-refractivity contribution is -0.0673. The molecule has 2 saturated carbocycles. The van der Waals surface area contributed by atoms with Gasteiger partial charge >= 0.3 is 0 Å². The molecule has 4 aromatic rings. The van der Waals surface area contributed by atoms with E-state index in [0.717, 1.165) is 69.3 Å². The fraction of sp³-hybridized carbons (Fsp3) is 0.571. The first-order valence-electron chi connectivity index (χ1n) is 17.7. The summed E-state index contributed by atoms with van der Waals surface area (Å²) in [6, 6.07) is 9.62. The lowest BCUT2D eigenvalue weighted by Gasteiger charge is -2.43. The molecule has 3 aromatic heterocycles. The predicted molar refractivity (Wildman–Crippen MR) is 181 cm³/mol. The predicted octanol–water partition coefficient (Wildman–Crippen LogP) is 4.05. The van der Waals surface area contributed by atoms with Crippen molar-refractivity contribution >= 4 is 11.6 Å². The maximum atomic E-state index is 10.8. The maximum absolute atomic E-state index is 10.8. The molecule has 2 bridgehead atoms. The van der Waals surface area contributed by atoms with E-state index < -0.39 is 5.60 Å². The molecular weight excluding hydrogens is 638 g/mol. The molecule has 262 valence electrons. The normalized spacial score (nSPS) is 25.0. The fourth-order valence-corrected chi connectivity index (χ4v) is 7.90. The van der Waals surface area contributed by atoms with Gasteiger partial charge in [0.2, 0.25) is 5.95 Å². The van der Waals surface area contributed by atoms with E-state index in [1.165, 1.54) is 19.2 Å². The molecule has 0 unspecified atom stereocenters. The number of tetrazole rings is 1. The molecule has 2 aliphatic carbocycles. The minimum Gasteiger partial charge on any atom is -0.487 e. The molecule has 1 aromatic carbocycles. The standard InChI is InChI=1S/C35H43N11O4/c1-23(17-44-22-39-42-43-44)50-32-13-24(3-4-25(32)14-36)26-15-37-34(38-16-26)40-31-18-45(41-33(31)49-21-35(47)11-2-12-35)27-5-7-28(8-6-27)46-29-9-10-30(46)20-48-19-29/h3-4,13,15-16,18,22-23,27-30,47H,2,5-12,17,19-21H2,1H3,(H,37,38,40)/t23-,27-,28-,29-,30+/m0/s1. The Kier molecular flexibility index (Phi) is 9.07. The van der Waals surface area contributed by atoms with Crippen LogP contribution in [-0.2, 0) is 11.3 Å². The van der Waals surface area contributed by atoms with Gasteiger partial charge in [0, 0.05) is 36.1 Å². The van der Waals surface area contributed by atoms with E-state index in [-0.39, 0.29) is 18.8 Å². The van der Waals surface area contributed by atoms with Crippen LogP contribution in [0.1, 0.15) is 76.3 Å². The Bertz CT molecular complexity index is 1780. The topological polar surface area (TPSA) is 174 Å². The maximum Gasteiger partial charge on any atom is 0.257 e. The van der Waals surface area contributed by atoms with Crippen LogP contribution in [0.25, 0.3) is 11.1 Å². The number of rotatable bonds is 12. The average molecular weight is 682 g/mol. The Morgan fingerprint density at radius 1 is 1.04 bits per heavy atom. The Labute approximate surface area is 290 Å². The molecule has 4 fully saturated rings. The van der Waals surface area contributed by atoms with Crippen molar-refractivity contribution in [2.24, 2.45) is 0 Å². The summed E-state index contributed by atoms with van der Waals surface area (Å²) in [5.41, 5.74) is 1.87. The molecule has 50 heavy (non-hydrogen) atoms. The third-order valence-electron chi connectivity index (χ3n) is 10.7. The summed E-state index contributed by atoms with van der Waals surface area (Å²) in [7, 11) is 0. The van der Waals surface area contributed by atoms with Crippen molar-refractivity contribution in [1.29, 1.82) is 5.26 Å². The van der Waals surface area contributed by atoms with Crippen molar-refractivity contribution in [3.63, 3.8) is 0 Å². The third kappa shape index (κ3) is 6.87.